The fraction of sp³-hybridized carbons (Fsp3) is 0.692. The molecular formula is C26H40O2. The molecule has 0 saturated heterocycles. The van der Waals surface area contributed by atoms with E-state index in [0.29, 0.717) is 36.0 Å². The molecule has 0 radical (unpaired) electrons. The van der Waals surface area contributed by atoms with Crippen LogP contribution in [0, 0.1) is 29.1 Å². The number of allylic oxidation sites excluding steroid dienone is 5. The molecular weight excluding hydrogens is 344 g/mol. The Bertz CT molecular complexity index is 668. The minimum atomic E-state index is -0.602. The van der Waals surface area contributed by atoms with Crippen molar-refractivity contribution < 1.29 is 10.2 Å². The number of aliphatic hydroxyl groups excluding tert-OH is 2. The first-order valence-electron chi connectivity index (χ1n) is 11.4. The smallest absolute Gasteiger partial charge is 0.0811 e. The Morgan fingerprint density at radius 2 is 1.86 bits per heavy atom. The van der Waals surface area contributed by atoms with Gasteiger partial charge in [0.1, 0.15) is 0 Å². The third-order valence-electron chi connectivity index (χ3n) is 7.74. The third-order valence-corrected chi connectivity index (χ3v) is 7.74. The van der Waals surface area contributed by atoms with Crippen LogP contribution < -0.4 is 0 Å². The zero-order valence-corrected chi connectivity index (χ0v) is 18.3. The Morgan fingerprint density at radius 1 is 1.11 bits per heavy atom. The molecule has 0 amide bonds. The van der Waals surface area contributed by atoms with Gasteiger partial charge in [-0.1, -0.05) is 64.2 Å². The van der Waals surface area contributed by atoms with Gasteiger partial charge in [0.2, 0.25) is 0 Å². The second kappa shape index (κ2) is 8.71. The van der Waals surface area contributed by atoms with E-state index in [1.165, 1.54) is 32.1 Å². The van der Waals surface area contributed by atoms with Gasteiger partial charge in [-0.3, -0.25) is 0 Å². The molecule has 0 aromatic heterocycles. The molecule has 0 heterocycles. The van der Waals surface area contributed by atoms with Crippen molar-refractivity contribution in [2.45, 2.75) is 84.8 Å². The van der Waals surface area contributed by atoms with Crippen LogP contribution in [0.4, 0.5) is 0 Å². The third kappa shape index (κ3) is 4.39. The molecule has 3 aliphatic rings. The van der Waals surface area contributed by atoms with Crippen LogP contribution in [0.2, 0.25) is 0 Å². The molecule has 3 aliphatic carbocycles. The maximum atomic E-state index is 10.1. The van der Waals surface area contributed by atoms with E-state index < -0.39 is 12.2 Å². The van der Waals surface area contributed by atoms with Gasteiger partial charge in [0, 0.05) is 6.42 Å². The molecule has 0 aromatic rings. The fourth-order valence-corrected chi connectivity index (χ4v) is 6.14. The Labute approximate surface area is 172 Å². The standard InChI is InChI=1S/C26H40O2/c1-17(2)8-9-18(3)23-12-13-24-20(7-6-14-26(23,24)5)10-11-21-15-22(27)16-25(28)19(21)4/h8-11,17-18,22-25,27-28H,4,6-7,12-16H2,1-3,5H3/b9-8+,20-10+,21-11-/t18-,22-,23-,24?,25+,26-/m1/s1. The van der Waals surface area contributed by atoms with Crippen LogP contribution in [0.5, 0.6) is 0 Å². The van der Waals surface area contributed by atoms with Gasteiger partial charge in [-0.2, -0.15) is 0 Å². The molecule has 6 atom stereocenters. The molecule has 3 saturated carbocycles. The first-order valence-corrected chi connectivity index (χ1v) is 11.4. The van der Waals surface area contributed by atoms with Crippen LogP contribution in [-0.2, 0) is 0 Å². The number of hydrogen-bond donors (Lipinski definition) is 2. The minimum absolute atomic E-state index is 0.395. The summed E-state index contributed by atoms with van der Waals surface area (Å²) in [4.78, 5) is 0. The van der Waals surface area contributed by atoms with Gasteiger partial charge in [-0.25, -0.2) is 0 Å². The molecule has 0 bridgehead atoms. The lowest BCUT2D eigenvalue weighted by molar-refractivity contribution is 0.0862. The molecule has 2 nitrogen and oxygen atoms in total. The summed E-state index contributed by atoms with van der Waals surface area (Å²) >= 11 is 0. The molecule has 3 rings (SSSR count). The maximum Gasteiger partial charge on any atom is 0.0811 e. The zero-order chi connectivity index (χ0) is 20.5. The highest BCUT2D eigenvalue weighted by atomic mass is 16.3. The number of fused-ring (bicyclic) bond motifs is 1. The minimum Gasteiger partial charge on any atom is -0.393 e. The SMILES string of the molecule is C=C1/C(=C\C=C2/CCC[C@@]3(C)C2CC[C@@H]3[C@H](C)/C=C/C(C)C)C[C@@H](O)C[C@@H]1O. The van der Waals surface area contributed by atoms with Gasteiger partial charge in [0.05, 0.1) is 12.2 Å². The number of hydrogen-bond acceptors (Lipinski definition) is 2. The molecule has 0 aliphatic heterocycles. The van der Waals surface area contributed by atoms with E-state index in [4.69, 9.17) is 0 Å². The predicted molar refractivity (Wildman–Crippen MR) is 118 cm³/mol. The summed E-state index contributed by atoms with van der Waals surface area (Å²) in [5.41, 5.74) is 3.78. The van der Waals surface area contributed by atoms with E-state index in [9.17, 15) is 10.2 Å². The maximum absolute atomic E-state index is 10.1. The van der Waals surface area contributed by atoms with Crippen molar-refractivity contribution >= 4 is 0 Å². The first-order chi connectivity index (χ1) is 13.2. The highest BCUT2D eigenvalue weighted by Gasteiger charge is 2.50. The van der Waals surface area contributed by atoms with E-state index in [-0.39, 0.29) is 0 Å². The Hall–Kier alpha value is -1.12. The Kier molecular flexibility index (Phi) is 6.72. The zero-order valence-electron chi connectivity index (χ0n) is 18.3. The van der Waals surface area contributed by atoms with Crippen LogP contribution in [0.1, 0.15) is 72.6 Å². The summed E-state index contributed by atoms with van der Waals surface area (Å²) in [5.74, 6) is 2.69. The lowest BCUT2D eigenvalue weighted by atomic mass is 9.61. The lowest BCUT2D eigenvalue weighted by Crippen LogP contribution is -2.35. The quantitative estimate of drug-likeness (QED) is 0.586. The van der Waals surface area contributed by atoms with Gasteiger partial charge < -0.3 is 10.2 Å². The molecule has 28 heavy (non-hydrogen) atoms. The molecule has 0 aromatic carbocycles. The normalized spacial score (nSPS) is 40.6. The highest BCUT2D eigenvalue weighted by Crippen LogP contribution is 2.59. The van der Waals surface area contributed by atoms with Gasteiger partial charge in [0.25, 0.3) is 0 Å². The van der Waals surface area contributed by atoms with Gasteiger partial charge in [0.15, 0.2) is 0 Å². The molecule has 3 fully saturated rings. The van der Waals surface area contributed by atoms with Gasteiger partial charge in [-0.05, 0) is 78.8 Å². The summed E-state index contributed by atoms with van der Waals surface area (Å²) in [6.07, 6.45) is 15.7. The predicted octanol–water partition coefficient (Wildman–Crippen LogP) is 5.98. The van der Waals surface area contributed by atoms with Crippen molar-refractivity contribution in [3.8, 4) is 0 Å². The van der Waals surface area contributed by atoms with Crippen molar-refractivity contribution in [1.29, 1.82) is 0 Å². The van der Waals surface area contributed by atoms with Crippen molar-refractivity contribution in [1.82, 2.24) is 0 Å². The first kappa shape index (κ1) is 21.6. The van der Waals surface area contributed by atoms with E-state index in [0.717, 1.165) is 17.1 Å². The topological polar surface area (TPSA) is 40.5 Å². The van der Waals surface area contributed by atoms with Crippen LogP contribution in [0.25, 0.3) is 0 Å². The van der Waals surface area contributed by atoms with E-state index >= 15 is 0 Å². The van der Waals surface area contributed by atoms with Crippen molar-refractivity contribution in [3.63, 3.8) is 0 Å². The summed E-state index contributed by atoms with van der Waals surface area (Å²) in [6.45, 7) is 13.5. The largest absolute Gasteiger partial charge is 0.393 e. The van der Waals surface area contributed by atoms with Crippen LogP contribution >= 0.6 is 0 Å². The lowest BCUT2D eigenvalue weighted by Gasteiger charge is -2.44. The van der Waals surface area contributed by atoms with E-state index in [1.54, 1.807) is 5.57 Å². The second-order valence-electron chi connectivity index (χ2n) is 10.2. The second-order valence-corrected chi connectivity index (χ2v) is 10.2. The Balaban J connectivity index is 1.79. The Morgan fingerprint density at radius 3 is 2.57 bits per heavy atom. The van der Waals surface area contributed by atoms with Crippen LogP contribution in [-0.4, -0.2) is 22.4 Å². The van der Waals surface area contributed by atoms with Crippen molar-refractivity contribution in [3.05, 3.63) is 47.6 Å². The van der Waals surface area contributed by atoms with Gasteiger partial charge in [-0.15, -0.1) is 0 Å². The van der Waals surface area contributed by atoms with E-state index in [2.05, 4.69) is 58.6 Å². The van der Waals surface area contributed by atoms with E-state index in [1.807, 2.05) is 0 Å². The average Bonchev–Trinajstić information content (AvgIpc) is 2.99. The number of aliphatic hydroxyl groups is 2. The summed E-state index contributed by atoms with van der Waals surface area (Å²) in [6, 6.07) is 0. The summed E-state index contributed by atoms with van der Waals surface area (Å²) in [5, 5.41) is 20.1. The molecule has 1 unspecified atom stereocenters. The van der Waals surface area contributed by atoms with Crippen LogP contribution in [0.3, 0.4) is 0 Å². The number of rotatable bonds is 4. The molecule has 156 valence electrons. The highest BCUT2D eigenvalue weighted by molar-refractivity contribution is 5.38. The summed E-state index contributed by atoms with van der Waals surface area (Å²) < 4.78 is 0. The molecule has 2 N–H and O–H groups in total. The fourth-order valence-electron chi connectivity index (χ4n) is 6.14. The molecule has 2 heteroatoms. The molecule has 0 spiro atoms. The van der Waals surface area contributed by atoms with Crippen molar-refractivity contribution in [2.75, 3.05) is 0 Å². The van der Waals surface area contributed by atoms with Crippen molar-refractivity contribution in [2.24, 2.45) is 29.1 Å². The monoisotopic (exact) mass is 384 g/mol. The van der Waals surface area contributed by atoms with Gasteiger partial charge >= 0.3 is 0 Å². The van der Waals surface area contributed by atoms with Crippen LogP contribution in [0.15, 0.2) is 47.6 Å². The summed E-state index contributed by atoms with van der Waals surface area (Å²) in [7, 11) is 0. The average molecular weight is 385 g/mol.